The molecule has 1 aromatic carbocycles. The Morgan fingerprint density at radius 1 is 1.21 bits per heavy atom. The lowest BCUT2D eigenvalue weighted by molar-refractivity contribution is -0.139. The summed E-state index contributed by atoms with van der Waals surface area (Å²) in [7, 11) is -2.60. The number of nitriles is 1. The summed E-state index contributed by atoms with van der Waals surface area (Å²) in [6, 6.07) is 5.93. The van der Waals surface area contributed by atoms with E-state index < -0.39 is 43.4 Å². The van der Waals surface area contributed by atoms with E-state index in [-0.39, 0.29) is 12.5 Å². The van der Waals surface area contributed by atoms with Gasteiger partial charge in [-0.25, -0.2) is 13.2 Å². The molecular formula is C25H35F3N4O5S. The van der Waals surface area contributed by atoms with E-state index in [0.29, 0.717) is 50.5 Å². The lowest BCUT2D eigenvalue weighted by atomic mass is 10.1. The number of anilines is 1. The van der Waals surface area contributed by atoms with E-state index >= 15 is 0 Å². The quantitative estimate of drug-likeness (QED) is 0.537. The van der Waals surface area contributed by atoms with Crippen LogP contribution in [-0.4, -0.2) is 80.7 Å². The van der Waals surface area contributed by atoms with Crippen molar-refractivity contribution in [1.82, 2.24) is 10.2 Å². The Kier molecular flexibility index (Phi) is 9.21. The Morgan fingerprint density at radius 3 is 2.26 bits per heavy atom. The van der Waals surface area contributed by atoms with Crippen molar-refractivity contribution in [1.29, 1.82) is 5.26 Å². The average molecular weight is 561 g/mol. The van der Waals surface area contributed by atoms with Gasteiger partial charge in [0.1, 0.15) is 5.54 Å². The highest BCUT2D eigenvalue weighted by atomic mass is 32.2. The van der Waals surface area contributed by atoms with E-state index in [0.717, 1.165) is 25.2 Å². The highest BCUT2D eigenvalue weighted by Gasteiger charge is 2.45. The first-order valence-electron chi connectivity index (χ1n) is 12.6. The molecule has 0 aromatic heterocycles. The average Bonchev–Trinajstić information content (AvgIpc) is 3.45. The summed E-state index contributed by atoms with van der Waals surface area (Å²) < 4.78 is 72.6. The molecule has 0 radical (unpaired) electrons. The minimum Gasteiger partial charge on any atom is -0.465 e. The van der Waals surface area contributed by atoms with E-state index in [9.17, 15) is 26.4 Å². The Hall–Kier alpha value is -2.56. The summed E-state index contributed by atoms with van der Waals surface area (Å²) in [4.78, 5) is 13.5. The van der Waals surface area contributed by atoms with Gasteiger partial charge in [-0.2, -0.15) is 18.4 Å². The third-order valence-corrected chi connectivity index (χ3v) is 9.68. The fourth-order valence-corrected chi connectivity index (χ4v) is 6.86. The molecule has 0 spiro atoms. The number of hydrogen-bond donors (Lipinski definition) is 2. The van der Waals surface area contributed by atoms with Crippen molar-refractivity contribution in [2.24, 2.45) is 0 Å². The molecule has 3 fully saturated rings. The van der Waals surface area contributed by atoms with Crippen molar-refractivity contribution in [2.75, 3.05) is 38.2 Å². The van der Waals surface area contributed by atoms with Crippen LogP contribution in [0.3, 0.4) is 0 Å². The van der Waals surface area contributed by atoms with Crippen molar-refractivity contribution in [3.63, 3.8) is 0 Å². The number of benzene rings is 1. The number of ether oxygens (including phenoxy) is 1. The highest BCUT2D eigenvalue weighted by Crippen LogP contribution is 2.40. The molecule has 1 aromatic rings. The zero-order chi connectivity index (χ0) is 28.3. The molecule has 38 heavy (non-hydrogen) atoms. The monoisotopic (exact) mass is 560 g/mol. The summed E-state index contributed by atoms with van der Waals surface area (Å²) in [6.07, 6.45) is -3.69. The number of methoxy groups -OCH3 is 1. The SMILES string of the molecule is CO[C@H]1CC[C@H](S(=O)(=O)c2ccc(N3CCN(C(C)C)CC3)cc2C(F)(F)F)C1.N#CC1(NC(=O)O)CC1. The van der Waals surface area contributed by atoms with Gasteiger partial charge in [-0.05, 0) is 64.2 Å². The van der Waals surface area contributed by atoms with Gasteiger partial charge >= 0.3 is 12.3 Å². The summed E-state index contributed by atoms with van der Waals surface area (Å²) in [5, 5.41) is 17.8. The van der Waals surface area contributed by atoms with Crippen LogP contribution in [-0.2, 0) is 20.8 Å². The molecule has 1 amide bonds. The lowest BCUT2D eigenvalue weighted by Gasteiger charge is -2.38. The van der Waals surface area contributed by atoms with Gasteiger partial charge in [-0.15, -0.1) is 0 Å². The van der Waals surface area contributed by atoms with E-state index in [4.69, 9.17) is 15.1 Å². The molecule has 2 saturated carbocycles. The second-order valence-electron chi connectivity index (χ2n) is 10.3. The minimum atomic E-state index is -4.74. The molecule has 212 valence electrons. The fraction of sp³-hybridized carbons (Fsp3) is 0.680. The van der Waals surface area contributed by atoms with Crippen LogP contribution < -0.4 is 10.2 Å². The van der Waals surface area contributed by atoms with Gasteiger partial charge in [-0.1, -0.05) is 0 Å². The van der Waals surface area contributed by atoms with Gasteiger partial charge in [-0.3, -0.25) is 4.90 Å². The van der Waals surface area contributed by atoms with Crippen molar-refractivity contribution < 1.29 is 36.2 Å². The van der Waals surface area contributed by atoms with E-state index in [1.807, 2.05) is 11.0 Å². The molecular weight excluding hydrogens is 525 g/mol. The van der Waals surface area contributed by atoms with Crippen molar-refractivity contribution in [3.8, 4) is 6.07 Å². The van der Waals surface area contributed by atoms with Crippen LogP contribution >= 0.6 is 0 Å². The van der Waals surface area contributed by atoms with Gasteiger partial charge in [0, 0.05) is 45.0 Å². The number of nitrogens with one attached hydrogen (secondary N) is 1. The summed E-state index contributed by atoms with van der Waals surface area (Å²) in [5.41, 5.74) is -1.38. The second-order valence-corrected chi connectivity index (χ2v) is 12.5. The smallest absolute Gasteiger partial charge is 0.417 e. The largest absolute Gasteiger partial charge is 0.465 e. The maximum absolute atomic E-state index is 13.8. The van der Waals surface area contributed by atoms with E-state index in [1.165, 1.54) is 13.2 Å². The van der Waals surface area contributed by atoms with Crippen LogP contribution in [0.5, 0.6) is 0 Å². The lowest BCUT2D eigenvalue weighted by Crippen LogP contribution is -2.49. The Labute approximate surface area is 221 Å². The minimum absolute atomic E-state index is 0.222. The first-order valence-corrected chi connectivity index (χ1v) is 14.2. The third kappa shape index (κ3) is 7.09. The first-order chi connectivity index (χ1) is 17.7. The molecule has 4 rings (SSSR count). The van der Waals surface area contributed by atoms with Crippen molar-refractivity contribution >= 4 is 21.6 Å². The molecule has 13 heteroatoms. The van der Waals surface area contributed by atoms with Gasteiger partial charge in [0.05, 0.1) is 27.9 Å². The molecule has 1 saturated heterocycles. The number of amides is 1. The topological polar surface area (TPSA) is 123 Å². The summed E-state index contributed by atoms with van der Waals surface area (Å²) in [5.74, 6) is 0. The molecule has 2 N–H and O–H groups in total. The maximum atomic E-state index is 13.8. The van der Waals surface area contributed by atoms with Crippen molar-refractivity contribution in [2.45, 2.75) is 80.0 Å². The molecule has 1 heterocycles. The van der Waals surface area contributed by atoms with Crippen molar-refractivity contribution in [3.05, 3.63) is 23.8 Å². The fourth-order valence-electron chi connectivity index (χ4n) is 4.85. The number of carbonyl (C=O) groups is 1. The van der Waals surface area contributed by atoms with Gasteiger partial charge < -0.3 is 20.1 Å². The van der Waals surface area contributed by atoms with E-state index in [2.05, 4.69) is 24.1 Å². The number of rotatable bonds is 6. The number of carboxylic acid groups (broad SMARTS) is 1. The molecule has 2 aliphatic carbocycles. The van der Waals surface area contributed by atoms with Crippen LogP contribution in [0.15, 0.2) is 23.1 Å². The van der Waals surface area contributed by atoms with Crippen LogP contribution in [0.4, 0.5) is 23.7 Å². The number of alkyl halides is 3. The molecule has 1 aliphatic heterocycles. The standard InChI is InChI=1S/C20H29F3N2O3S.C5H6N2O2/c1-14(2)24-8-10-25(11-9-24)15-4-7-19(18(12-15)20(21,22)23)29(26,27)17-6-5-16(13-17)28-3;6-3-5(1-2-5)7-4(8)9/h4,7,12,14,16-17H,5-6,8-11,13H2,1-3H3;7H,1-2H2,(H,8,9)/t16-,17-;/m0./s1. The van der Waals surface area contributed by atoms with Gasteiger partial charge in [0.15, 0.2) is 9.84 Å². The number of sulfone groups is 1. The molecule has 0 bridgehead atoms. The van der Waals surface area contributed by atoms with E-state index in [1.54, 1.807) is 0 Å². The molecule has 9 nitrogen and oxygen atoms in total. The Balaban J connectivity index is 0.000000375. The molecule has 3 aliphatic rings. The summed E-state index contributed by atoms with van der Waals surface area (Å²) in [6.45, 7) is 6.93. The molecule has 2 atom stereocenters. The van der Waals surface area contributed by atoms with Crippen LogP contribution in [0.1, 0.15) is 51.5 Å². The summed E-state index contributed by atoms with van der Waals surface area (Å²) >= 11 is 0. The predicted octanol–water partition coefficient (Wildman–Crippen LogP) is 3.89. The van der Waals surface area contributed by atoms with Crippen LogP contribution in [0.2, 0.25) is 0 Å². The number of nitrogens with zero attached hydrogens (tertiary/aromatic N) is 3. The Bertz CT molecular complexity index is 1140. The van der Waals surface area contributed by atoms with Crippen LogP contribution in [0, 0.1) is 11.3 Å². The van der Waals surface area contributed by atoms with Crippen LogP contribution in [0.25, 0.3) is 0 Å². The number of hydrogen-bond acceptors (Lipinski definition) is 7. The third-order valence-electron chi connectivity index (χ3n) is 7.40. The number of halogens is 3. The highest BCUT2D eigenvalue weighted by molar-refractivity contribution is 7.92. The maximum Gasteiger partial charge on any atom is 0.417 e. The molecule has 0 unspecified atom stereocenters. The Morgan fingerprint density at radius 2 is 1.84 bits per heavy atom. The van der Waals surface area contributed by atoms with Gasteiger partial charge in [0.2, 0.25) is 0 Å². The zero-order valence-corrected chi connectivity index (χ0v) is 22.6. The zero-order valence-electron chi connectivity index (χ0n) is 21.8. The normalized spacial score (nSPS) is 23.4. The second kappa shape index (κ2) is 11.7. The predicted molar refractivity (Wildman–Crippen MR) is 135 cm³/mol. The van der Waals surface area contributed by atoms with Gasteiger partial charge in [0.25, 0.3) is 0 Å². The number of piperazine rings is 1. The first kappa shape index (κ1) is 30.0.